The first kappa shape index (κ1) is 51.6. The maximum absolute atomic E-state index is 12.5. The van der Waals surface area contributed by atoms with Gasteiger partial charge in [0.25, 0.3) is 0 Å². The standard InChI is InChI=1S/C40H71NO18/c1-3-5-6-7-8-9-10-11-12-13-14-15-16-18-24(45)23(41-28(46)17-4-2)22-54-38-34(52)31(49)36(26(20-43)56-38)59-40-35(53)32(50)37(27(21-44)57-40)58-39-33(51)30(48)29(47)25(19-42)55-39/h12-13,16,18,23-27,29-40,42-45,47-53H,3-11,14-15,17,19-22H2,1-2H3,(H,41,46)/b13-12+,18-16+. The zero-order valence-corrected chi connectivity index (χ0v) is 34.2. The summed E-state index contributed by atoms with van der Waals surface area (Å²) >= 11 is 0. The average Bonchev–Trinajstić information content (AvgIpc) is 3.22. The minimum Gasteiger partial charge on any atom is -0.394 e. The Bertz CT molecular complexity index is 1210. The molecule has 19 nitrogen and oxygen atoms in total. The van der Waals surface area contributed by atoms with Crippen LogP contribution in [0.15, 0.2) is 24.3 Å². The molecule has 3 fully saturated rings. The smallest absolute Gasteiger partial charge is 0.220 e. The zero-order valence-electron chi connectivity index (χ0n) is 34.2. The number of carbonyl (C=O) groups is 1. The molecule has 1 amide bonds. The predicted molar refractivity (Wildman–Crippen MR) is 208 cm³/mol. The normalized spacial score (nSPS) is 36.6. The Labute approximate surface area is 346 Å². The van der Waals surface area contributed by atoms with Crippen molar-refractivity contribution in [2.24, 2.45) is 0 Å². The number of nitrogens with one attached hydrogen (secondary N) is 1. The van der Waals surface area contributed by atoms with Gasteiger partial charge in [0.15, 0.2) is 18.9 Å². The third kappa shape index (κ3) is 15.5. The number of unbranched alkanes of at least 4 members (excludes halogenated alkanes) is 8. The van der Waals surface area contributed by atoms with Gasteiger partial charge in [-0.1, -0.05) is 76.7 Å². The number of aliphatic hydroxyl groups is 11. The quantitative estimate of drug-likeness (QED) is 0.0335. The Kier molecular flexibility index (Phi) is 23.9. The lowest BCUT2D eigenvalue weighted by Gasteiger charge is -2.48. The van der Waals surface area contributed by atoms with Crippen LogP contribution in [-0.2, 0) is 33.2 Å². The van der Waals surface area contributed by atoms with Crippen LogP contribution in [0.4, 0.5) is 0 Å². The van der Waals surface area contributed by atoms with E-state index >= 15 is 0 Å². The van der Waals surface area contributed by atoms with Crippen molar-refractivity contribution in [3.05, 3.63) is 24.3 Å². The van der Waals surface area contributed by atoms with Gasteiger partial charge in [0.05, 0.1) is 38.6 Å². The number of allylic oxidation sites excluding steroid dienone is 3. The number of hydrogen-bond donors (Lipinski definition) is 12. The first-order chi connectivity index (χ1) is 28.3. The van der Waals surface area contributed by atoms with Crippen LogP contribution in [0.1, 0.15) is 90.9 Å². The molecule has 0 aliphatic carbocycles. The van der Waals surface area contributed by atoms with E-state index in [4.69, 9.17) is 28.4 Å². The van der Waals surface area contributed by atoms with Gasteiger partial charge in [-0.05, 0) is 32.1 Å². The van der Waals surface area contributed by atoms with E-state index in [1.165, 1.54) is 38.5 Å². The highest BCUT2D eigenvalue weighted by Crippen LogP contribution is 2.32. The monoisotopic (exact) mass is 853 g/mol. The highest BCUT2D eigenvalue weighted by atomic mass is 16.8. The Morgan fingerprint density at radius 3 is 1.66 bits per heavy atom. The molecule has 3 rings (SSSR count). The fourth-order valence-corrected chi connectivity index (χ4v) is 7.13. The molecule has 17 unspecified atom stereocenters. The zero-order chi connectivity index (χ0) is 43.5. The van der Waals surface area contributed by atoms with Gasteiger partial charge >= 0.3 is 0 Å². The van der Waals surface area contributed by atoms with Crippen LogP contribution in [0.2, 0.25) is 0 Å². The molecule has 17 atom stereocenters. The largest absolute Gasteiger partial charge is 0.394 e. The summed E-state index contributed by atoms with van der Waals surface area (Å²) in [6.45, 7) is 1.23. The summed E-state index contributed by atoms with van der Waals surface area (Å²) in [6, 6.07) is -0.978. The van der Waals surface area contributed by atoms with E-state index in [0.717, 1.165) is 19.3 Å². The van der Waals surface area contributed by atoms with Crippen molar-refractivity contribution < 1.29 is 89.4 Å². The van der Waals surface area contributed by atoms with E-state index in [-0.39, 0.29) is 18.9 Å². The van der Waals surface area contributed by atoms with Crippen molar-refractivity contribution >= 4 is 5.91 Å². The lowest BCUT2D eigenvalue weighted by molar-refractivity contribution is -0.379. The lowest BCUT2D eigenvalue weighted by atomic mass is 9.96. The Hall–Kier alpha value is -1.73. The third-order valence-electron chi connectivity index (χ3n) is 10.7. The van der Waals surface area contributed by atoms with Gasteiger partial charge in [-0.3, -0.25) is 4.79 Å². The molecule has 0 saturated carbocycles. The van der Waals surface area contributed by atoms with E-state index in [0.29, 0.717) is 12.8 Å². The molecule has 0 bridgehead atoms. The van der Waals surface area contributed by atoms with Gasteiger partial charge in [0, 0.05) is 6.42 Å². The first-order valence-corrected chi connectivity index (χ1v) is 21.1. The topological polar surface area (TPSA) is 307 Å². The number of rotatable bonds is 26. The summed E-state index contributed by atoms with van der Waals surface area (Å²) in [5.74, 6) is -0.344. The van der Waals surface area contributed by atoms with Crippen LogP contribution in [0.25, 0.3) is 0 Å². The van der Waals surface area contributed by atoms with Gasteiger partial charge in [-0.15, -0.1) is 0 Å². The molecule has 59 heavy (non-hydrogen) atoms. The highest BCUT2D eigenvalue weighted by Gasteiger charge is 2.53. The second kappa shape index (κ2) is 27.4. The first-order valence-electron chi connectivity index (χ1n) is 21.1. The summed E-state index contributed by atoms with van der Waals surface area (Å²) in [6.07, 6.45) is -7.27. The molecule has 3 aliphatic rings. The Morgan fingerprint density at radius 1 is 0.593 bits per heavy atom. The van der Waals surface area contributed by atoms with Gasteiger partial charge < -0.3 is 89.9 Å². The summed E-state index contributed by atoms with van der Waals surface area (Å²) in [5, 5.41) is 118. The van der Waals surface area contributed by atoms with Crippen molar-refractivity contribution in [1.82, 2.24) is 5.32 Å². The lowest BCUT2D eigenvalue weighted by Crippen LogP contribution is -2.66. The van der Waals surface area contributed by atoms with Gasteiger partial charge in [-0.25, -0.2) is 0 Å². The van der Waals surface area contributed by atoms with E-state index in [2.05, 4.69) is 24.4 Å². The molecule has 0 radical (unpaired) electrons. The van der Waals surface area contributed by atoms with Crippen LogP contribution in [0.5, 0.6) is 0 Å². The van der Waals surface area contributed by atoms with Gasteiger partial charge in [0.2, 0.25) is 5.91 Å². The van der Waals surface area contributed by atoms with Crippen LogP contribution in [-0.4, -0.2) is 193 Å². The maximum atomic E-state index is 12.5. The average molecular weight is 854 g/mol. The molecular weight excluding hydrogens is 782 g/mol. The SMILES string of the molecule is CCCCCCCCC/C=C/CC/C=C/C(O)C(COC1OC(CO)C(OC2OC(CO)C(OC3OC(CO)C(O)C(O)C3O)C(O)C2O)C(O)C1O)NC(=O)CCC. The second-order valence-electron chi connectivity index (χ2n) is 15.4. The second-order valence-corrected chi connectivity index (χ2v) is 15.4. The summed E-state index contributed by atoms with van der Waals surface area (Å²) in [5.41, 5.74) is 0. The highest BCUT2D eigenvalue weighted by molar-refractivity contribution is 5.76. The molecule has 3 heterocycles. The minimum absolute atomic E-state index is 0.185. The van der Waals surface area contributed by atoms with Gasteiger partial charge in [0.1, 0.15) is 73.2 Å². The summed E-state index contributed by atoms with van der Waals surface area (Å²) in [4.78, 5) is 12.5. The van der Waals surface area contributed by atoms with Crippen molar-refractivity contribution in [3.63, 3.8) is 0 Å². The molecule has 0 aromatic heterocycles. The minimum atomic E-state index is -1.97. The van der Waals surface area contributed by atoms with E-state index in [1.54, 1.807) is 12.2 Å². The molecule has 3 saturated heterocycles. The molecule has 0 spiro atoms. The van der Waals surface area contributed by atoms with Gasteiger partial charge in [-0.2, -0.15) is 0 Å². The maximum Gasteiger partial charge on any atom is 0.220 e. The van der Waals surface area contributed by atoms with Crippen molar-refractivity contribution in [3.8, 4) is 0 Å². The molecule has 0 aromatic rings. The predicted octanol–water partition coefficient (Wildman–Crippen LogP) is -1.87. The molecule has 344 valence electrons. The van der Waals surface area contributed by atoms with Crippen molar-refractivity contribution in [2.75, 3.05) is 26.4 Å². The van der Waals surface area contributed by atoms with Crippen molar-refractivity contribution in [1.29, 1.82) is 0 Å². The van der Waals surface area contributed by atoms with E-state index < -0.39 is 124 Å². The fourth-order valence-electron chi connectivity index (χ4n) is 7.13. The van der Waals surface area contributed by atoms with E-state index in [1.807, 2.05) is 6.92 Å². The number of carbonyl (C=O) groups excluding carboxylic acids is 1. The molecule has 0 aromatic carbocycles. The number of hydrogen-bond acceptors (Lipinski definition) is 18. The molecule has 12 N–H and O–H groups in total. The third-order valence-corrected chi connectivity index (χ3v) is 10.7. The molecular formula is C40H71NO18. The Balaban J connectivity index is 1.56. The van der Waals surface area contributed by atoms with Crippen LogP contribution >= 0.6 is 0 Å². The van der Waals surface area contributed by atoms with Crippen LogP contribution < -0.4 is 5.32 Å². The number of aliphatic hydroxyl groups excluding tert-OH is 11. The summed E-state index contributed by atoms with van der Waals surface area (Å²) < 4.78 is 33.6. The number of ether oxygens (including phenoxy) is 6. The summed E-state index contributed by atoms with van der Waals surface area (Å²) in [7, 11) is 0. The van der Waals surface area contributed by atoms with E-state index in [9.17, 15) is 61.0 Å². The molecule has 19 heteroatoms. The number of amides is 1. The van der Waals surface area contributed by atoms with Crippen molar-refractivity contribution in [2.45, 2.75) is 195 Å². The van der Waals surface area contributed by atoms with Crippen LogP contribution in [0.3, 0.4) is 0 Å². The molecule has 3 aliphatic heterocycles. The Morgan fingerprint density at radius 2 is 1.08 bits per heavy atom. The van der Waals surface area contributed by atoms with Crippen LogP contribution in [0, 0.1) is 0 Å². The fraction of sp³-hybridized carbons (Fsp3) is 0.875.